The van der Waals surface area contributed by atoms with E-state index in [1.807, 2.05) is 6.07 Å². The number of hydrogen-bond acceptors (Lipinski definition) is 3. The lowest BCUT2D eigenvalue weighted by Crippen LogP contribution is -2.19. The third-order valence-corrected chi connectivity index (χ3v) is 2.63. The van der Waals surface area contributed by atoms with Crippen LogP contribution in [-0.2, 0) is 4.74 Å². The summed E-state index contributed by atoms with van der Waals surface area (Å²) in [6, 6.07) is 7.70. The van der Waals surface area contributed by atoms with Gasteiger partial charge in [0.2, 0.25) is 0 Å². The molecule has 4 heteroatoms. The average molecular weight is 223 g/mol. The number of anilines is 1. The summed E-state index contributed by atoms with van der Waals surface area (Å²) in [6.07, 6.45) is 0.980. The first-order valence-electron chi connectivity index (χ1n) is 4.83. The quantitative estimate of drug-likeness (QED) is 0.836. The number of nitrogens with zero attached hydrogens (tertiary/aromatic N) is 1. The summed E-state index contributed by atoms with van der Waals surface area (Å²) in [7, 11) is 0. The zero-order valence-electron chi connectivity index (χ0n) is 8.16. The van der Waals surface area contributed by atoms with Crippen molar-refractivity contribution in [3.8, 4) is 6.07 Å². The molecule has 0 aromatic heterocycles. The molecule has 0 aliphatic carbocycles. The van der Waals surface area contributed by atoms with Crippen molar-refractivity contribution in [2.45, 2.75) is 12.5 Å². The van der Waals surface area contributed by atoms with Gasteiger partial charge in [0.15, 0.2) is 0 Å². The number of ether oxygens (including phenoxy) is 1. The number of halogens is 1. The monoisotopic (exact) mass is 222 g/mol. The van der Waals surface area contributed by atoms with E-state index in [4.69, 9.17) is 21.6 Å². The van der Waals surface area contributed by atoms with Crippen molar-refractivity contribution in [3.63, 3.8) is 0 Å². The summed E-state index contributed by atoms with van der Waals surface area (Å²) < 4.78 is 5.26. The topological polar surface area (TPSA) is 45.0 Å². The van der Waals surface area contributed by atoms with Gasteiger partial charge in [-0.25, -0.2) is 0 Å². The number of hydrogen-bond donors (Lipinski definition) is 1. The van der Waals surface area contributed by atoms with Gasteiger partial charge >= 0.3 is 0 Å². The minimum Gasteiger partial charge on any atom is -0.379 e. The third kappa shape index (κ3) is 2.41. The van der Waals surface area contributed by atoms with E-state index in [-0.39, 0.29) is 0 Å². The Bertz CT molecular complexity index is 394. The Morgan fingerprint density at radius 2 is 2.40 bits per heavy atom. The van der Waals surface area contributed by atoms with E-state index in [0.29, 0.717) is 23.2 Å². The molecule has 0 bridgehead atoms. The predicted octanol–water partition coefficient (Wildman–Crippen LogP) is 2.41. The molecule has 3 nitrogen and oxygen atoms in total. The normalized spacial score (nSPS) is 19.9. The maximum absolute atomic E-state index is 8.94. The highest BCUT2D eigenvalue weighted by atomic mass is 35.5. The molecule has 78 valence electrons. The van der Waals surface area contributed by atoms with Crippen molar-refractivity contribution >= 4 is 17.3 Å². The molecule has 1 unspecified atom stereocenters. The molecule has 0 amide bonds. The maximum Gasteiger partial charge on any atom is 0.101 e. The molecule has 1 heterocycles. The molecule has 1 atom stereocenters. The lowest BCUT2D eigenvalue weighted by molar-refractivity contribution is 0.195. The average Bonchev–Trinajstić information content (AvgIpc) is 2.73. The lowest BCUT2D eigenvalue weighted by atomic mass is 10.1. The van der Waals surface area contributed by atoms with Crippen molar-refractivity contribution in [3.05, 3.63) is 28.8 Å². The molecule has 1 N–H and O–H groups in total. The van der Waals surface area contributed by atoms with Crippen molar-refractivity contribution in [1.82, 2.24) is 0 Å². The van der Waals surface area contributed by atoms with Crippen LogP contribution in [0.3, 0.4) is 0 Å². The summed E-state index contributed by atoms with van der Waals surface area (Å²) in [5.74, 6) is 0. The predicted molar refractivity (Wildman–Crippen MR) is 59.0 cm³/mol. The highest BCUT2D eigenvalue weighted by molar-refractivity contribution is 6.30. The van der Waals surface area contributed by atoms with Crippen LogP contribution in [0.1, 0.15) is 12.0 Å². The second kappa shape index (κ2) is 4.52. The van der Waals surface area contributed by atoms with Gasteiger partial charge in [0.05, 0.1) is 23.9 Å². The smallest absolute Gasteiger partial charge is 0.101 e. The van der Waals surface area contributed by atoms with Gasteiger partial charge in [0.25, 0.3) is 0 Å². The molecular formula is C11H11ClN2O. The van der Waals surface area contributed by atoms with Gasteiger partial charge in [-0.3, -0.25) is 0 Å². The van der Waals surface area contributed by atoms with E-state index in [2.05, 4.69) is 11.4 Å². The lowest BCUT2D eigenvalue weighted by Gasteiger charge is -2.13. The Morgan fingerprint density at radius 3 is 3.07 bits per heavy atom. The van der Waals surface area contributed by atoms with Crippen LogP contribution < -0.4 is 5.32 Å². The van der Waals surface area contributed by atoms with Crippen molar-refractivity contribution in [2.24, 2.45) is 0 Å². The van der Waals surface area contributed by atoms with Crippen LogP contribution in [-0.4, -0.2) is 19.3 Å². The van der Waals surface area contributed by atoms with Gasteiger partial charge in [0, 0.05) is 11.6 Å². The molecule has 0 saturated carbocycles. The van der Waals surface area contributed by atoms with Gasteiger partial charge in [-0.1, -0.05) is 11.6 Å². The number of benzene rings is 1. The molecule has 1 saturated heterocycles. The first-order chi connectivity index (χ1) is 7.29. The molecule has 1 aliphatic heterocycles. The third-order valence-electron chi connectivity index (χ3n) is 2.39. The van der Waals surface area contributed by atoms with Crippen LogP contribution in [0.2, 0.25) is 5.02 Å². The molecule has 1 aliphatic rings. The Labute approximate surface area is 93.6 Å². The second-order valence-electron chi connectivity index (χ2n) is 3.51. The van der Waals surface area contributed by atoms with E-state index < -0.39 is 0 Å². The number of rotatable bonds is 2. The first-order valence-corrected chi connectivity index (χ1v) is 5.21. The number of nitriles is 1. The van der Waals surface area contributed by atoms with Gasteiger partial charge in [-0.15, -0.1) is 0 Å². The summed E-state index contributed by atoms with van der Waals surface area (Å²) >= 11 is 5.81. The van der Waals surface area contributed by atoms with Crippen LogP contribution in [0, 0.1) is 11.3 Å². The largest absolute Gasteiger partial charge is 0.379 e. The summed E-state index contributed by atoms with van der Waals surface area (Å²) in [5, 5.41) is 12.8. The van der Waals surface area contributed by atoms with E-state index in [9.17, 15) is 0 Å². The van der Waals surface area contributed by atoms with Crippen molar-refractivity contribution < 1.29 is 4.74 Å². The molecule has 1 fully saturated rings. The SMILES string of the molecule is N#Cc1cc(Cl)ccc1NC1CCOC1. The Balaban J connectivity index is 2.16. The minimum atomic E-state index is 0.304. The maximum atomic E-state index is 8.94. The molecular weight excluding hydrogens is 212 g/mol. The zero-order valence-corrected chi connectivity index (χ0v) is 8.92. The van der Waals surface area contributed by atoms with Gasteiger partial charge < -0.3 is 10.1 Å². The summed E-state index contributed by atoms with van der Waals surface area (Å²) in [6.45, 7) is 1.49. The molecule has 0 radical (unpaired) electrons. The number of nitrogens with one attached hydrogen (secondary N) is 1. The van der Waals surface area contributed by atoms with Crippen LogP contribution in [0.4, 0.5) is 5.69 Å². The Hall–Kier alpha value is -1.24. The van der Waals surface area contributed by atoms with Crippen molar-refractivity contribution in [1.29, 1.82) is 5.26 Å². The summed E-state index contributed by atoms with van der Waals surface area (Å²) in [4.78, 5) is 0. The fourth-order valence-corrected chi connectivity index (χ4v) is 1.78. The zero-order chi connectivity index (χ0) is 10.7. The Morgan fingerprint density at radius 1 is 1.53 bits per heavy atom. The Kier molecular flexibility index (Phi) is 3.10. The fraction of sp³-hybridized carbons (Fsp3) is 0.364. The van der Waals surface area contributed by atoms with Gasteiger partial charge in [0.1, 0.15) is 6.07 Å². The van der Waals surface area contributed by atoms with Crippen molar-refractivity contribution in [2.75, 3.05) is 18.5 Å². The van der Waals surface area contributed by atoms with Gasteiger partial charge in [-0.2, -0.15) is 5.26 Å². The minimum absolute atomic E-state index is 0.304. The second-order valence-corrected chi connectivity index (χ2v) is 3.94. The highest BCUT2D eigenvalue weighted by Crippen LogP contribution is 2.22. The van der Waals surface area contributed by atoms with E-state index in [1.54, 1.807) is 12.1 Å². The van der Waals surface area contributed by atoms with Crippen LogP contribution >= 0.6 is 11.6 Å². The molecule has 1 aromatic rings. The van der Waals surface area contributed by atoms with Gasteiger partial charge in [-0.05, 0) is 24.6 Å². The molecule has 15 heavy (non-hydrogen) atoms. The van der Waals surface area contributed by atoms with E-state index in [1.165, 1.54) is 0 Å². The molecule has 0 spiro atoms. The fourth-order valence-electron chi connectivity index (χ4n) is 1.60. The molecule has 1 aromatic carbocycles. The van der Waals surface area contributed by atoms with Crippen LogP contribution in [0.5, 0.6) is 0 Å². The standard InChI is InChI=1S/C11H11ClN2O/c12-9-1-2-11(8(5-9)6-13)14-10-3-4-15-7-10/h1-2,5,10,14H,3-4,7H2. The summed E-state index contributed by atoms with van der Waals surface area (Å²) in [5.41, 5.74) is 1.41. The first kappa shape index (κ1) is 10.3. The van der Waals surface area contributed by atoms with E-state index in [0.717, 1.165) is 18.7 Å². The molecule has 2 rings (SSSR count). The van der Waals surface area contributed by atoms with Crippen LogP contribution in [0.25, 0.3) is 0 Å². The van der Waals surface area contributed by atoms with Crippen LogP contribution in [0.15, 0.2) is 18.2 Å². The highest BCUT2D eigenvalue weighted by Gasteiger charge is 2.16. The van der Waals surface area contributed by atoms with E-state index >= 15 is 0 Å².